The maximum absolute atomic E-state index is 12.8. The zero-order valence-corrected chi connectivity index (χ0v) is 26.0. The second-order valence-electron chi connectivity index (χ2n) is 10.8. The Hall–Kier alpha value is -6.02. The van der Waals surface area contributed by atoms with Crippen molar-refractivity contribution in [3.05, 3.63) is 121 Å². The number of rotatable bonds is 10. The van der Waals surface area contributed by atoms with Gasteiger partial charge >= 0.3 is 23.9 Å². The Morgan fingerprint density at radius 2 is 0.804 bits per heavy atom. The summed E-state index contributed by atoms with van der Waals surface area (Å²) in [6, 6.07) is 20.4. The molecular weight excluding hydrogens is 584 g/mol. The number of hydrogen-bond donors (Lipinski definition) is 0. The van der Waals surface area contributed by atoms with Crippen LogP contribution in [-0.2, 0) is 19.2 Å². The van der Waals surface area contributed by atoms with Gasteiger partial charge in [-0.15, -0.1) is 0 Å². The maximum atomic E-state index is 12.8. The molecule has 46 heavy (non-hydrogen) atoms. The van der Waals surface area contributed by atoms with Crippen LogP contribution >= 0.6 is 0 Å². The van der Waals surface area contributed by atoms with Gasteiger partial charge in [0, 0.05) is 33.4 Å². The summed E-state index contributed by atoms with van der Waals surface area (Å²) in [4.78, 5) is 49.5. The zero-order chi connectivity index (χ0) is 33.7. The number of hydrogen-bond acceptors (Lipinski definition) is 8. The molecular formula is C38H32O8. The van der Waals surface area contributed by atoms with Crippen molar-refractivity contribution in [1.82, 2.24) is 0 Å². The average Bonchev–Trinajstić information content (AvgIpc) is 3.01. The third kappa shape index (κ3) is 7.73. The quantitative estimate of drug-likeness (QED) is 0.1000. The molecule has 0 aliphatic rings. The first-order chi connectivity index (χ1) is 21.7. The van der Waals surface area contributed by atoms with Gasteiger partial charge in [0.05, 0.1) is 0 Å². The Kier molecular flexibility index (Phi) is 9.82. The van der Waals surface area contributed by atoms with Crippen molar-refractivity contribution in [3.63, 3.8) is 0 Å². The Bertz CT molecular complexity index is 1960. The van der Waals surface area contributed by atoms with E-state index < -0.39 is 23.9 Å². The number of esters is 4. The number of benzene rings is 4. The molecule has 0 saturated carbocycles. The van der Waals surface area contributed by atoms with Crippen molar-refractivity contribution in [1.29, 1.82) is 0 Å². The minimum Gasteiger partial charge on any atom is -0.423 e. The molecule has 0 aromatic heterocycles. The number of ether oxygens (including phenoxy) is 4. The highest BCUT2D eigenvalue weighted by atomic mass is 16.5. The molecule has 0 atom stereocenters. The molecule has 0 amide bonds. The summed E-state index contributed by atoms with van der Waals surface area (Å²) in [5, 5.41) is 1.59. The van der Waals surface area contributed by atoms with E-state index in [0.717, 1.165) is 10.8 Å². The lowest BCUT2D eigenvalue weighted by Gasteiger charge is -2.18. The molecule has 232 valence electrons. The molecule has 4 aromatic rings. The van der Waals surface area contributed by atoms with E-state index in [1.54, 1.807) is 74.5 Å². The molecule has 4 aromatic carbocycles. The number of fused-ring (bicyclic) bond motifs is 1. The second kappa shape index (κ2) is 13.7. The van der Waals surface area contributed by atoms with Gasteiger partial charge in [0.1, 0.15) is 23.0 Å². The number of carbonyl (C=O) groups excluding carboxylic acids is 4. The molecule has 0 aliphatic heterocycles. The summed E-state index contributed by atoms with van der Waals surface area (Å²) < 4.78 is 22.2. The highest BCUT2D eigenvalue weighted by Crippen LogP contribution is 2.43. The molecule has 0 aliphatic carbocycles. The molecule has 0 heterocycles. The van der Waals surface area contributed by atoms with Gasteiger partial charge in [0.25, 0.3) is 0 Å². The molecule has 0 spiro atoms. The van der Waals surface area contributed by atoms with Crippen molar-refractivity contribution in [2.75, 3.05) is 0 Å². The van der Waals surface area contributed by atoms with Gasteiger partial charge in [-0.2, -0.15) is 0 Å². The molecule has 0 unspecified atom stereocenters. The van der Waals surface area contributed by atoms with Gasteiger partial charge in [0.2, 0.25) is 0 Å². The van der Waals surface area contributed by atoms with Gasteiger partial charge in [-0.3, -0.25) is 0 Å². The van der Waals surface area contributed by atoms with E-state index in [1.807, 2.05) is 12.1 Å². The van der Waals surface area contributed by atoms with Crippen LogP contribution in [0.25, 0.3) is 33.0 Å². The monoisotopic (exact) mass is 616 g/mol. The fourth-order valence-corrected chi connectivity index (χ4v) is 4.10. The minimum absolute atomic E-state index is 0.173. The summed E-state index contributed by atoms with van der Waals surface area (Å²) in [6.07, 6.45) is 0. The summed E-state index contributed by atoms with van der Waals surface area (Å²) in [5.74, 6) is -1.39. The van der Waals surface area contributed by atoms with E-state index in [9.17, 15) is 19.2 Å². The summed E-state index contributed by atoms with van der Waals surface area (Å²) >= 11 is 0. The lowest BCUT2D eigenvalue weighted by Crippen LogP contribution is -2.11. The third-order valence-corrected chi connectivity index (χ3v) is 6.59. The predicted molar refractivity (Wildman–Crippen MR) is 177 cm³/mol. The molecule has 8 heteroatoms. The van der Waals surface area contributed by atoms with Gasteiger partial charge in [-0.1, -0.05) is 56.6 Å². The van der Waals surface area contributed by atoms with Crippen LogP contribution in [0.5, 0.6) is 23.0 Å². The van der Waals surface area contributed by atoms with Crippen LogP contribution in [0.2, 0.25) is 0 Å². The lowest BCUT2D eigenvalue weighted by molar-refractivity contribution is -0.131. The molecule has 0 fully saturated rings. The van der Waals surface area contributed by atoms with Crippen LogP contribution in [0.4, 0.5) is 0 Å². The predicted octanol–water partition coefficient (Wildman–Crippen LogP) is 8.10. The molecule has 0 N–H and O–H groups in total. The first-order valence-electron chi connectivity index (χ1n) is 14.1. The second-order valence-corrected chi connectivity index (χ2v) is 10.8. The lowest BCUT2D eigenvalue weighted by atomic mass is 9.96. The van der Waals surface area contributed by atoms with Crippen LogP contribution in [0, 0.1) is 0 Å². The van der Waals surface area contributed by atoms with Gasteiger partial charge in [-0.05, 0) is 92.1 Å². The van der Waals surface area contributed by atoms with Crippen molar-refractivity contribution >= 4 is 34.6 Å². The SMILES string of the molecule is C=C(C)C(=O)Oc1ccc(-c2cc(OC(=O)C(=C)C)c(-c3ccc4cc(OC(=O)C(=C)C)ccc4c3)cc2OC(=O)C(=C)C)cc1. The van der Waals surface area contributed by atoms with Crippen molar-refractivity contribution in [2.24, 2.45) is 0 Å². The molecule has 4 rings (SSSR count). The molecule has 0 bridgehead atoms. The van der Waals surface area contributed by atoms with E-state index >= 15 is 0 Å². The number of carbonyl (C=O) groups is 4. The van der Waals surface area contributed by atoms with Crippen LogP contribution < -0.4 is 18.9 Å². The summed E-state index contributed by atoms with van der Waals surface area (Å²) in [5.41, 5.74) is 2.99. The van der Waals surface area contributed by atoms with E-state index in [1.165, 1.54) is 13.8 Å². The van der Waals surface area contributed by atoms with Crippen LogP contribution in [0.1, 0.15) is 27.7 Å². The molecule has 8 nitrogen and oxygen atoms in total. The first kappa shape index (κ1) is 32.9. The Balaban J connectivity index is 1.86. The topological polar surface area (TPSA) is 105 Å². The van der Waals surface area contributed by atoms with Crippen LogP contribution in [0.15, 0.2) is 121 Å². The standard InChI is InChI=1S/C38H32O8/c1-21(2)35(39)43-29-14-11-25(12-15-29)31-19-34(46-38(42)24(7)8)32(20-33(31)45-37(41)23(5)6)28-10-9-27-18-30(16-13-26(27)17-28)44-36(40)22(3)4/h9-20H,1,3,5,7H2,2,4,6,8H3. The highest BCUT2D eigenvalue weighted by Gasteiger charge is 2.21. The molecule has 0 radical (unpaired) electrons. The van der Waals surface area contributed by atoms with Crippen molar-refractivity contribution in [2.45, 2.75) is 27.7 Å². The minimum atomic E-state index is -0.652. The Labute approximate surface area is 266 Å². The van der Waals surface area contributed by atoms with E-state index in [2.05, 4.69) is 26.3 Å². The average molecular weight is 617 g/mol. The summed E-state index contributed by atoms with van der Waals surface area (Å²) in [7, 11) is 0. The van der Waals surface area contributed by atoms with E-state index in [4.69, 9.17) is 18.9 Å². The van der Waals surface area contributed by atoms with Gasteiger partial charge < -0.3 is 18.9 Å². The van der Waals surface area contributed by atoms with Crippen molar-refractivity contribution in [3.8, 4) is 45.3 Å². The Morgan fingerprint density at radius 1 is 0.435 bits per heavy atom. The largest absolute Gasteiger partial charge is 0.423 e. The van der Waals surface area contributed by atoms with Crippen LogP contribution in [-0.4, -0.2) is 23.9 Å². The normalized spacial score (nSPS) is 10.4. The fourth-order valence-electron chi connectivity index (χ4n) is 4.10. The highest BCUT2D eigenvalue weighted by molar-refractivity contribution is 5.96. The summed E-state index contributed by atoms with van der Waals surface area (Å²) in [6.45, 7) is 20.7. The smallest absolute Gasteiger partial charge is 0.338 e. The van der Waals surface area contributed by atoms with Crippen molar-refractivity contribution < 1.29 is 38.1 Å². The third-order valence-electron chi connectivity index (χ3n) is 6.59. The zero-order valence-electron chi connectivity index (χ0n) is 26.0. The maximum Gasteiger partial charge on any atom is 0.338 e. The van der Waals surface area contributed by atoms with Gasteiger partial charge in [0.15, 0.2) is 0 Å². The van der Waals surface area contributed by atoms with Gasteiger partial charge in [-0.25, -0.2) is 19.2 Å². The van der Waals surface area contributed by atoms with E-state index in [0.29, 0.717) is 28.0 Å². The van der Waals surface area contributed by atoms with Crippen LogP contribution in [0.3, 0.4) is 0 Å². The molecule has 0 saturated heterocycles. The van der Waals surface area contributed by atoms with E-state index in [-0.39, 0.29) is 39.5 Å². The fraction of sp³-hybridized carbons (Fsp3) is 0.105. The Morgan fingerprint density at radius 3 is 1.30 bits per heavy atom. The first-order valence-corrected chi connectivity index (χ1v) is 14.1.